The molecule has 0 aromatic heterocycles. The van der Waals surface area contributed by atoms with Gasteiger partial charge >= 0.3 is 0 Å². The van der Waals surface area contributed by atoms with E-state index in [2.05, 4.69) is 48.5 Å². The van der Waals surface area contributed by atoms with E-state index in [1.807, 2.05) is 0 Å². The smallest absolute Gasteiger partial charge is 0.0230 e. The minimum Gasteiger partial charge on any atom is -0.316 e. The van der Waals surface area contributed by atoms with E-state index < -0.39 is 0 Å². The van der Waals surface area contributed by atoms with Gasteiger partial charge in [-0.05, 0) is 51.4 Å². The molecule has 2 rings (SSSR count). The van der Waals surface area contributed by atoms with E-state index in [0.717, 1.165) is 12.5 Å². The Hall–Kier alpha value is -0.860. The average Bonchev–Trinajstić information content (AvgIpc) is 2.30. The van der Waals surface area contributed by atoms with Crippen LogP contribution in [0.2, 0.25) is 0 Å². The van der Waals surface area contributed by atoms with E-state index in [1.54, 1.807) is 0 Å². The molecule has 1 aromatic carbocycles. The molecule has 0 radical (unpaired) electrons. The fourth-order valence-corrected chi connectivity index (χ4v) is 2.71. The summed E-state index contributed by atoms with van der Waals surface area (Å²) in [6.07, 6.45) is 2.72. The molecular weight excluding hydrogens is 208 g/mol. The van der Waals surface area contributed by atoms with Crippen molar-refractivity contribution >= 4 is 0 Å². The van der Waals surface area contributed by atoms with Crippen LogP contribution in [0.1, 0.15) is 24.0 Å². The molecular formula is C15H24N2. The van der Waals surface area contributed by atoms with E-state index in [9.17, 15) is 0 Å². The number of hydrogen-bond donors (Lipinski definition) is 1. The molecule has 0 bridgehead atoms. The van der Waals surface area contributed by atoms with Crippen molar-refractivity contribution in [2.45, 2.75) is 26.3 Å². The number of rotatable bonds is 4. The Morgan fingerprint density at radius 2 is 2.29 bits per heavy atom. The SMILES string of the molecule is Cc1cccc(CN(C)CC2CCCNC2)c1. The molecule has 94 valence electrons. The Labute approximate surface area is 105 Å². The maximum Gasteiger partial charge on any atom is 0.0230 e. The quantitative estimate of drug-likeness (QED) is 0.857. The third-order valence-electron chi connectivity index (χ3n) is 3.50. The maximum absolute atomic E-state index is 3.49. The molecule has 2 nitrogen and oxygen atoms in total. The van der Waals surface area contributed by atoms with Crippen LogP contribution in [0.3, 0.4) is 0 Å². The van der Waals surface area contributed by atoms with Crippen LogP contribution in [0.15, 0.2) is 24.3 Å². The van der Waals surface area contributed by atoms with Crippen LogP contribution in [0.4, 0.5) is 0 Å². The first-order chi connectivity index (χ1) is 8.24. The number of hydrogen-bond acceptors (Lipinski definition) is 2. The number of nitrogens with zero attached hydrogens (tertiary/aromatic N) is 1. The van der Waals surface area contributed by atoms with Gasteiger partial charge in [-0.1, -0.05) is 29.8 Å². The lowest BCUT2D eigenvalue weighted by molar-refractivity contribution is 0.237. The van der Waals surface area contributed by atoms with Crippen molar-refractivity contribution in [2.24, 2.45) is 5.92 Å². The van der Waals surface area contributed by atoms with Crippen molar-refractivity contribution in [3.05, 3.63) is 35.4 Å². The first-order valence-electron chi connectivity index (χ1n) is 6.69. The molecule has 1 unspecified atom stereocenters. The van der Waals surface area contributed by atoms with Crippen LogP contribution in [-0.2, 0) is 6.54 Å². The van der Waals surface area contributed by atoms with E-state index in [-0.39, 0.29) is 0 Å². The van der Waals surface area contributed by atoms with E-state index in [1.165, 1.54) is 43.6 Å². The molecule has 1 atom stereocenters. The Morgan fingerprint density at radius 1 is 1.41 bits per heavy atom. The first-order valence-corrected chi connectivity index (χ1v) is 6.69. The predicted molar refractivity (Wildman–Crippen MR) is 73.1 cm³/mol. The second kappa shape index (κ2) is 6.18. The molecule has 1 saturated heterocycles. The summed E-state index contributed by atoms with van der Waals surface area (Å²) in [4.78, 5) is 2.45. The Balaban J connectivity index is 1.82. The number of nitrogens with one attached hydrogen (secondary N) is 1. The minimum atomic E-state index is 0.832. The van der Waals surface area contributed by atoms with Gasteiger partial charge in [0.1, 0.15) is 0 Å². The van der Waals surface area contributed by atoms with Gasteiger partial charge in [-0.15, -0.1) is 0 Å². The zero-order valence-corrected chi connectivity index (χ0v) is 11.1. The van der Waals surface area contributed by atoms with Crippen LogP contribution in [-0.4, -0.2) is 31.6 Å². The molecule has 1 heterocycles. The molecule has 1 aliphatic rings. The highest BCUT2D eigenvalue weighted by Crippen LogP contribution is 2.13. The topological polar surface area (TPSA) is 15.3 Å². The molecule has 1 aliphatic heterocycles. The molecule has 0 spiro atoms. The molecule has 2 heteroatoms. The van der Waals surface area contributed by atoms with Gasteiger partial charge in [0.2, 0.25) is 0 Å². The van der Waals surface area contributed by atoms with Gasteiger partial charge in [-0.2, -0.15) is 0 Å². The normalized spacial score (nSPS) is 20.8. The summed E-state index contributed by atoms with van der Waals surface area (Å²) in [6.45, 7) is 6.84. The fraction of sp³-hybridized carbons (Fsp3) is 0.600. The number of piperidine rings is 1. The van der Waals surface area contributed by atoms with Gasteiger partial charge in [0.25, 0.3) is 0 Å². The molecule has 0 saturated carbocycles. The van der Waals surface area contributed by atoms with Crippen LogP contribution >= 0.6 is 0 Å². The lowest BCUT2D eigenvalue weighted by Crippen LogP contribution is -2.36. The van der Waals surface area contributed by atoms with Crippen LogP contribution < -0.4 is 5.32 Å². The molecule has 0 aliphatic carbocycles. The Morgan fingerprint density at radius 3 is 3.00 bits per heavy atom. The van der Waals surface area contributed by atoms with Gasteiger partial charge < -0.3 is 10.2 Å². The van der Waals surface area contributed by atoms with Crippen molar-refractivity contribution in [2.75, 3.05) is 26.7 Å². The summed E-state index contributed by atoms with van der Waals surface area (Å²) >= 11 is 0. The van der Waals surface area contributed by atoms with E-state index >= 15 is 0 Å². The summed E-state index contributed by atoms with van der Waals surface area (Å²) in [5, 5.41) is 3.49. The number of aryl methyl sites for hydroxylation is 1. The molecule has 0 amide bonds. The third kappa shape index (κ3) is 4.14. The minimum absolute atomic E-state index is 0.832. The van der Waals surface area contributed by atoms with Crippen LogP contribution in [0.25, 0.3) is 0 Å². The van der Waals surface area contributed by atoms with Gasteiger partial charge in [0.05, 0.1) is 0 Å². The largest absolute Gasteiger partial charge is 0.316 e. The second-order valence-corrected chi connectivity index (χ2v) is 5.40. The highest BCUT2D eigenvalue weighted by Gasteiger charge is 2.14. The highest BCUT2D eigenvalue weighted by atomic mass is 15.1. The number of benzene rings is 1. The molecule has 17 heavy (non-hydrogen) atoms. The summed E-state index contributed by atoms with van der Waals surface area (Å²) in [6, 6.07) is 8.83. The van der Waals surface area contributed by atoms with Gasteiger partial charge in [0.15, 0.2) is 0 Å². The zero-order chi connectivity index (χ0) is 12.1. The zero-order valence-electron chi connectivity index (χ0n) is 11.1. The lowest BCUT2D eigenvalue weighted by Gasteiger charge is -2.27. The standard InChI is InChI=1S/C15H24N2/c1-13-5-3-6-14(9-13)11-17(2)12-15-7-4-8-16-10-15/h3,5-6,9,15-16H,4,7-8,10-12H2,1-2H3. The van der Waals surface area contributed by atoms with E-state index in [0.29, 0.717) is 0 Å². The Kier molecular flexibility index (Phi) is 4.57. The van der Waals surface area contributed by atoms with Crippen LogP contribution in [0, 0.1) is 12.8 Å². The van der Waals surface area contributed by atoms with Crippen molar-refractivity contribution in [3.63, 3.8) is 0 Å². The van der Waals surface area contributed by atoms with Crippen molar-refractivity contribution < 1.29 is 0 Å². The maximum atomic E-state index is 3.49. The highest BCUT2D eigenvalue weighted by molar-refractivity contribution is 5.21. The summed E-state index contributed by atoms with van der Waals surface area (Å²) in [5.74, 6) is 0.832. The van der Waals surface area contributed by atoms with Gasteiger partial charge in [0, 0.05) is 13.1 Å². The summed E-state index contributed by atoms with van der Waals surface area (Å²) in [5.41, 5.74) is 2.78. The first kappa shape index (κ1) is 12.6. The lowest BCUT2D eigenvalue weighted by atomic mass is 9.99. The summed E-state index contributed by atoms with van der Waals surface area (Å²) < 4.78 is 0. The molecule has 1 N–H and O–H groups in total. The molecule has 1 fully saturated rings. The van der Waals surface area contributed by atoms with Crippen LogP contribution in [0.5, 0.6) is 0 Å². The molecule has 1 aromatic rings. The second-order valence-electron chi connectivity index (χ2n) is 5.40. The Bertz CT molecular complexity index is 343. The van der Waals surface area contributed by atoms with Crippen molar-refractivity contribution in [1.29, 1.82) is 0 Å². The predicted octanol–water partition coefficient (Wildman–Crippen LogP) is 2.43. The van der Waals surface area contributed by atoms with E-state index in [4.69, 9.17) is 0 Å². The van der Waals surface area contributed by atoms with Crippen molar-refractivity contribution in [3.8, 4) is 0 Å². The van der Waals surface area contributed by atoms with Crippen molar-refractivity contribution in [1.82, 2.24) is 10.2 Å². The average molecular weight is 232 g/mol. The monoisotopic (exact) mass is 232 g/mol. The van der Waals surface area contributed by atoms with Gasteiger partial charge in [-0.3, -0.25) is 0 Å². The summed E-state index contributed by atoms with van der Waals surface area (Å²) in [7, 11) is 2.23. The fourth-order valence-electron chi connectivity index (χ4n) is 2.71. The third-order valence-corrected chi connectivity index (χ3v) is 3.50. The van der Waals surface area contributed by atoms with Gasteiger partial charge in [-0.25, -0.2) is 0 Å².